The van der Waals surface area contributed by atoms with Crippen LogP contribution in [0.5, 0.6) is 0 Å². The summed E-state index contributed by atoms with van der Waals surface area (Å²) in [6.07, 6.45) is -3.78. The van der Waals surface area contributed by atoms with Crippen LogP contribution in [0.4, 0.5) is 22.7 Å². The van der Waals surface area contributed by atoms with E-state index in [0.29, 0.717) is 4.88 Å². The molecule has 0 amide bonds. The number of nitrogens with one attached hydrogen (secondary N) is 1. The number of hydrogen-bond acceptors (Lipinski definition) is 4. The lowest BCUT2D eigenvalue weighted by molar-refractivity contribution is -0.117. The van der Waals surface area contributed by atoms with E-state index in [4.69, 9.17) is 5.11 Å². The van der Waals surface area contributed by atoms with Crippen LogP contribution in [0.1, 0.15) is 15.4 Å². The largest absolute Gasteiger partial charge is 0.476 e. The fourth-order valence-electron chi connectivity index (χ4n) is 0.941. The first-order valence-corrected chi connectivity index (χ1v) is 5.16. The number of alkyl halides is 4. The van der Waals surface area contributed by atoms with Gasteiger partial charge < -0.3 is 10.4 Å². The lowest BCUT2D eigenvalue weighted by Gasteiger charge is -2.14. The van der Waals surface area contributed by atoms with Crippen molar-refractivity contribution < 1.29 is 27.5 Å². The summed E-state index contributed by atoms with van der Waals surface area (Å²) in [5, 5.41) is 10.5. The Labute approximate surface area is 97.3 Å². The Morgan fingerprint density at radius 2 is 2.18 bits per heavy atom. The highest BCUT2D eigenvalue weighted by atomic mass is 32.1. The van der Waals surface area contributed by atoms with Crippen LogP contribution in [-0.4, -0.2) is 35.0 Å². The van der Waals surface area contributed by atoms with Crippen LogP contribution in [-0.2, 0) is 0 Å². The molecule has 0 aromatic carbocycles. The number of thiazole rings is 1. The zero-order chi connectivity index (χ0) is 13.2. The highest BCUT2D eigenvalue weighted by Crippen LogP contribution is 2.26. The standard InChI is InChI=1S/C8H8F4N2O2S/c1-3-4(5(15)16)14-7(17-3)13-2-8(11,12)6(9)10/h6H,2H2,1H3,(H,13,14)(H,15,16). The number of aryl methyl sites for hydroxylation is 1. The highest BCUT2D eigenvalue weighted by molar-refractivity contribution is 7.15. The lowest BCUT2D eigenvalue weighted by atomic mass is 10.3. The maximum atomic E-state index is 12.5. The third-order valence-electron chi connectivity index (χ3n) is 1.79. The molecule has 1 aromatic heterocycles. The predicted molar refractivity (Wildman–Crippen MR) is 53.3 cm³/mol. The molecule has 0 aliphatic rings. The molecule has 0 unspecified atom stereocenters. The van der Waals surface area contributed by atoms with E-state index >= 15 is 0 Å². The van der Waals surface area contributed by atoms with Crippen LogP contribution < -0.4 is 5.32 Å². The van der Waals surface area contributed by atoms with Crippen molar-refractivity contribution in [3.63, 3.8) is 0 Å². The molecule has 0 aliphatic heterocycles. The van der Waals surface area contributed by atoms with Gasteiger partial charge in [-0.25, -0.2) is 18.6 Å². The number of carboxylic acids is 1. The third kappa shape index (κ3) is 3.29. The van der Waals surface area contributed by atoms with Crippen molar-refractivity contribution in [3.8, 4) is 0 Å². The average Bonchev–Trinajstić information content (AvgIpc) is 2.57. The number of aromatic carboxylic acids is 1. The van der Waals surface area contributed by atoms with E-state index in [-0.39, 0.29) is 10.8 Å². The van der Waals surface area contributed by atoms with Crippen LogP contribution in [0.3, 0.4) is 0 Å². The van der Waals surface area contributed by atoms with Gasteiger partial charge >= 0.3 is 18.3 Å². The summed E-state index contributed by atoms with van der Waals surface area (Å²) < 4.78 is 48.7. The lowest BCUT2D eigenvalue weighted by Crippen LogP contribution is -2.34. The van der Waals surface area contributed by atoms with E-state index in [2.05, 4.69) is 4.98 Å². The Bertz CT molecular complexity index is 422. The van der Waals surface area contributed by atoms with Crippen molar-refractivity contribution in [3.05, 3.63) is 10.6 Å². The Morgan fingerprint density at radius 3 is 2.59 bits per heavy atom. The molecule has 0 saturated carbocycles. The average molecular weight is 272 g/mol. The fraction of sp³-hybridized carbons (Fsp3) is 0.500. The van der Waals surface area contributed by atoms with Crippen molar-refractivity contribution in [2.45, 2.75) is 19.3 Å². The highest BCUT2D eigenvalue weighted by Gasteiger charge is 2.40. The van der Waals surface area contributed by atoms with Crippen molar-refractivity contribution >= 4 is 22.4 Å². The molecule has 0 bridgehead atoms. The molecule has 9 heteroatoms. The van der Waals surface area contributed by atoms with E-state index in [1.807, 2.05) is 5.32 Å². The summed E-state index contributed by atoms with van der Waals surface area (Å²) in [6, 6.07) is 0. The number of carbonyl (C=O) groups is 1. The Kier molecular flexibility index (Phi) is 3.91. The van der Waals surface area contributed by atoms with E-state index in [1.54, 1.807) is 0 Å². The predicted octanol–water partition coefficient (Wildman–Crippen LogP) is 2.46. The molecule has 1 heterocycles. The second kappa shape index (κ2) is 4.86. The van der Waals surface area contributed by atoms with Crippen molar-refractivity contribution in [1.82, 2.24) is 4.98 Å². The number of nitrogens with zero attached hydrogens (tertiary/aromatic N) is 1. The molecule has 96 valence electrons. The smallest absolute Gasteiger partial charge is 0.355 e. The van der Waals surface area contributed by atoms with Gasteiger partial charge in [-0.2, -0.15) is 8.78 Å². The van der Waals surface area contributed by atoms with Crippen molar-refractivity contribution in [1.29, 1.82) is 0 Å². The molecule has 0 radical (unpaired) electrons. The molecular weight excluding hydrogens is 264 g/mol. The Balaban J connectivity index is 2.71. The molecule has 0 aliphatic carbocycles. The second-order valence-electron chi connectivity index (χ2n) is 3.14. The van der Waals surface area contributed by atoms with E-state index in [9.17, 15) is 22.4 Å². The van der Waals surface area contributed by atoms with Gasteiger partial charge in [0.25, 0.3) is 0 Å². The SMILES string of the molecule is Cc1sc(NCC(F)(F)C(F)F)nc1C(=O)O. The van der Waals surface area contributed by atoms with Gasteiger partial charge in [-0.15, -0.1) is 11.3 Å². The monoisotopic (exact) mass is 272 g/mol. The van der Waals surface area contributed by atoms with Gasteiger partial charge in [-0.05, 0) is 6.92 Å². The van der Waals surface area contributed by atoms with Crippen LogP contribution in [0.2, 0.25) is 0 Å². The number of rotatable bonds is 5. The van der Waals surface area contributed by atoms with E-state index in [1.165, 1.54) is 6.92 Å². The molecule has 0 saturated heterocycles. The summed E-state index contributed by atoms with van der Waals surface area (Å²) in [7, 11) is 0. The minimum atomic E-state index is -4.18. The van der Waals surface area contributed by atoms with Gasteiger partial charge in [0, 0.05) is 4.88 Å². The minimum absolute atomic E-state index is 0.125. The van der Waals surface area contributed by atoms with E-state index in [0.717, 1.165) is 11.3 Å². The summed E-state index contributed by atoms with van der Waals surface area (Å²) in [5.41, 5.74) is -0.280. The first kappa shape index (κ1) is 13.7. The summed E-state index contributed by atoms with van der Waals surface area (Å²) in [6.45, 7) is 0.147. The first-order chi connectivity index (χ1) is 7.74. The molecule has 0 spiro atoms. The second-order valence-corrected chi connectivity index (χ2v) is 4.35. The summed E-state index contributed by atoms with van der Waals surface area (Å²) in [5.74, 6) is -5.48. The van der Waals surface area contributed by atoms with Crippen LogP contribution in [0.25, 0.3) is 0 Å². The minimum Gasteiger partial charge on any atom is -0.476 e. The van der Waals surface area contributed by atoms with Crippen LogP contribution >= 0.6 is 11.3 Å². The molecule has 2 N–H and O–H groups in total. The van der Waals surface area contributed by atoms with E-state index < -0.39 is 24.9 Å². The van der Waals surface area contributed by atoms with Crippen LogP contribution in [0.15, 0.2) is 0 Å². The normalized spacial score (nSPS) is 11.9. The molecular formula is C8H8F4N2O2S. The van der Waals surface area contributed by atoms with Gasteiger partial charge in [-0.1, -0.05) is 0 Å². The molecule has 4 nitrogen and oxygen atoms in total. The van der Waals surface area contributed by atoms with Crippen molar-refractivity contribution in [2.24, 2.45) is 0 Å². The van der Waals surface area contributed by atoms with Gasteiger partial charge in [0.15, 0.2) is 10.8 Å². The van der Waals surface area contributed by atoms with Gasteiger partial charge in [-0.3, -0.25) is 0 Å². The van der Waals surface area contributed by atoms with Crippen molar-refractivity contribution in [2.75, 3.05) is 11.9 Å². The number of anilines is 1. The molecule has 1 rings (SSSR count). The van der Waals surface area contributed by atoms with Gasteiger partial charge in [0.05, 0.1) is 6.54 Å². The zero-order valence-corrected chi connectivity index (χ0v) is 9.32. The first-order valence-electron chi connectivity index (χ1n) is 4.34. The molecule has 0 fully saturated rings. The maximum Gasteiger partial charge on any atom is 0.355 e. The van der Waals surface area contributed by atoms with Crippen LogP contribution in [0, 0.1) is 6.92 Å². The third-order valence-corrected chi connectivity index (χ3v) is 2.72. The number of hydrogen-bond donors (Lipinski definition) is 2. The number of halogens is 4. The molecule has 1 aromatic rings. The van der Waals surface area contributed by atoms with Gasteiger partial charge in [0.2, 0.25) is 0 Å². The number of aromatic nitrogens is 1. The number of carboxylic acid groups (broad SMARTS) is 1. The fourth-order valence-corrected chi connectivity index (χ4v) is 1.74. The maximum absolute atomic E-state index is 12.5. The zero-order valence-electron chi connectivity index (χ0n) is 8.51. The summed E-state index contributed by atoms with van der Waals surface area (Å²) >= 11 is 0.814. The Hall–Kier alpha value is -1.38. The molecule has 0 atom stereocenters. The van der Waals surface area contributed by atoms with Gasteiger partial charge in [0.1, 0.15) is 0 Å². The Morgan fingerprint density at radius 1 is 1.59 bits per heavy atom. The molecule has 17 heavy (non-hydrogen) atoms. The quantitative estimate of drug-likeness (QED) is 0.808. The summed E-state index contributed by atoms with van der Waals surface area (Å²) in [4.78, 5) is 14.4. The topological polar surface area (TPSA) is 62.2 Å².